The molecule has 0 amide bonds. The average Bonchev–Trinajstić information content (AvgIpc) is 2.70. The molecule has 3 heteroatoms. The Kier molecular flexibility index (Phi) is 4.74. The molecule has 24 heavy (non-hydrogen) atoms. The predicted molar refractivity (Wildman–Crippen MR) is 95.5 cm³/mol. The summed E-state index contributed by atoms with van der Waals surface area (Å²) in [5.74, 6) is -0.338. The topological polar surface area (TPSA) is 57.5 Å². The quantitative estimate of drug-likeness (QED) is 0.841. The Balaban J connectivity index is 2.02. The third-order valence-corrected chi connectivity index (χ3v) is 6.68. The van der Waals surface area contributed by atoms with Crippen molar-refractivity contribution in [3.8, 4) is 0 Å². The van der Waals surface area contributed by atoms with Crippen molar-refractivity contribution in [2.75, 3.05) is 0 Å². The summed E-state index contributed by atoms with van der Waals surface area (Å²) >= 11 is 0. The molecule has 3 rings (SSSR count). The molecule has 3 nitrogen and oxygen atoms in total. The number of hydrogen-bond acceptors (Lipinski definition) is 2. The van der Waals surface area contributed by atoms with Crippen LogP contribution < -0.4 is 0 Å². The van der Waals surface area contributed by atoms with Gasteiger partial charge in [0.25, 0.3) is 0 Å². The van der Waals surface area contributed by atoms with Gasteiger partial charge < -0.3 is 10.2 Å². The number of fused-ring (bicyclic) bond motifs is 3. The molecule has 1 aromatic rings. The van der Waals surface area contributed by atoms with Crippen molar-refractivity contribution >= 4 is 5.97 Å². The molecule has 0 aromatic heterocycles. The van der Waals surface area contributed by atoms with Gasteiger partial charge in [-0.3, -0.25) is 0 Å². The monoisotopic (exact) mass is 330 g/mol. The van der Waals surface area contributed by atoms with Crippen molar-refractivity contribution in [2.24, 2.45) is 5.92 Å². The second-order valence-corrected chi connectivity index (χ2v) is 7.95. The normalized spacial score (nSPS) is 32.5. The fourth-order valence-electron chi connectivity index (χ4n) is 5.46. The van der Waals surface area contributed by atoms with E-state index in [-0.39, 0.29) is 5.41 Å². The van der Waals surface area contributed by atoms with Gasteiger partial charge in [0.2, 0.25) is 0 Å². The lowest BCUT2D eigenvalue weighted by atomic mass is 9.56. The van der Waals surface area contributed by atoms with Crippen LogP contribution in [0.25, 0.3) is 0 Å². The third kappa shape index (κ3) is 2.88. The highest BCUT2D eigenvalue weighted by Gasteiger charge is 2.49. The molecule has 0 radical (unpaired) electrons. The first-order chi connectivity index (χ1) is 11.4. The maximum absolute atomic E-state index is 11.3. The minimum atomic E-state index is -0.842. The molecule has 0 unspecified atom stereocenters. The van der Waals surface area contributed by atoms with Crippen LogP contribution in [0.5, 0.6) is 0 Å². The summed E-state index contributed by atoms with van der Waals surface area (Å²) in [4.78, 5) is 11.3. The summed E-state index contributed by atoms with van der Waals surface area (Å²) in [6.07, 6.45) is 8.96. The van der Waals surface area contributed by atoms with Crippen LogP contribution in [-0.4, -0.2) is 21.8 Å². The predicted octanol–water partition coefficient (Wildman–Crippen LogP) is 4.70. The fraction of sp³-hybridized carbons (Fsp3) is 0.667. The summed E-state index contributed by atoms with van der Waals surface area (Å²) in [6.45, 7) is 4.41. The number of carbonyl (C=O) groups is 1. The smallest absolute Gasteiger partial charge is 0.335 e. The van der Waals surface area contributed by atoms with Gasteiger partial charge in [-0.25, -0.2) is 4.79 Å². The van der Waals surface area contributed by atoms with Crippen molar-refractivity contribution in [3.63, 3.8) is 0 Å². The molecule has 1 fully saturated rings. The molecule has 2 aliphatic carbocycles. The maximum Gasteiger partial charge on any atom is 0.335 e. The van der Waals surface area contributed by atoms with E-state index in [1.807, 2.05) is 6.07 Å². The Labute approximate surface area is 145 Å². The molecular weight excluding hydrogens is 300 g/mol. The lowest BCUT2D eigenvalue weighted by molar-refractivity contribution is -0.0542. The fourth-order valence-corrected chi connectivity index (χ4v) is 5.46. The third-order valence-electron chi connectivity index (χ3n) is 6.68. The first-order valence-corrected chi connectivity index (χ1v) is 9.53. The number of hydrogen-bond donors (Lipinski definition) is 2. The molecule has 0 saturated heterocycles. The van der Waals surface area contributed by atoms with Gasteiger partial charge in [0, 0.05) is 0 Å². The lowest BCUT2D eigenvalue weighted by Crippen LogP contribution is -2.47. The first-order valence-electron chi connectivity index (χ1n) is 9.53. The molecule has 1 saturated carbocycles. The second-order valence-electron chi connectivity index (χ2n) is 7.95. The molecule has 0 bridgehead atoms. The van der Waals surface area contributed by atoms with Crippen LogP contribution in [-0.2, 0) is 11.8 Å². The van der Waals surface area contributed by atoms with E-state index in [0.29, 0.717) is 11.5 Å². The van der Waals surface area contributed by atoms with Gasteiger partial charge in [-0.15, -0.1) is 0 Å². The highest BCUT2D eigenvalue weighted by molar-refractivity contribution is 5.88. The molecule has 0 heterocycles. The van der Waals surface area contributed by atoms with Crippen LogP contribution in [0.2, 0.25) is 0 Å². The van der Waals surface area contributed by atoms with E-state index in [4.69, 9.17) is 0 Å². The SMILES string of the molecule is CCC[C@]1(O)CC[C@]2(CC)c3ccc(C(=O)O)cc3CCC[C@@H]2C1. The molecule has 1 aromatic carbocycles. The molecule has 0 spiro atoms. The average molecular weight is 330 g/mol. The van der Waals surface area contributed by atoms with Crippen LogP contribution >= 0.6 is 0 Å². The zero-order valence-corrected chi connectivity index (χ0v) is 15.0. The largest absolute Gasteiger partial charge is 0.478 e. The highest BCUT2D eigenvalue weighted by atomic mass is 16.4. The zero-order valence-electron chi connectivity index (χ0n) is 15.0. The summed E-state index contributed by atoms with van der Waals surface area (Å²) in [6, 6.07) is 5.74. The Morgan fingerprint density at radius 3 is 2.75 bits per heavy atom. The van der Waals surface area contributed by atoms with E-state index in [1.54, 1.807) is 6.07 Å². The van der Waals surface area contributed by atoms with Crippen molar-refractivity contribution in [3.05, 3.63) is 34.9 Å². The molecule has 3 atom stereocenters. The zero-order chi connectivity index (χ0) is 17.4. The van der Waals surface area contributed by atoms with Gasteiger partial charge in [-0.05, 0) is 86.0 Å². The molecule has 132 valence electrons. The lowest BCUT2D eigenvalue weighted by Gasteiger charge is -2.50. The second kappa shape index (κ2) is 6.51. The number of aliphatic hydroxyl groups is 1. The van der Waals surface area contributed by atoms with E-state index >= 15 is 0 Å². The maximum atomic E-state index is 11.3. The Bertz CT molecular complexity index is 624. The van der Waals surface area contributed by atoms with Crippen LogP contribution in [0.15, 0.2) is 18.2 Å². The molecule has 2 N–H and O–H groups in total. The summed E-state index contributed by atoms with van der Waals surface area (Å²) in [5.41, 5.74) is 2.60. The first kappa shape index (κ1) is 17.5. The highest BCUT2D eigenvalue weighted by Crippen LogP contribution is 2.54. The van der Waals surface area contributed by atoms with E-state index in [1.165, 1.54) is 11.1 Å². The van der Waals surface area contributed by atoms with Gasteiger partial charge in [0.15, 0.2) is 0 Å². The van der Waals surface area contributed by atoms with Gasteiger partial charge in [0.05, 0.1) is 11.2 Å². The van der Waals surface area contributed by atoms with E-state index in [0.717, 1.165) is 57.8 Å². The van der Waals surface area contributed by atoms with Crippen molar-refractivity contribution in [2.45, 2.75) is 82.7 Å². The molecule has 2 aliphatic rings. The van der Waals surface area contributed by atoms with Gasteiger partial charge in [-0.1, -0.05) is 26.3 Å². The Morgan fingerprint density at radius 2 is 2.08 bits per heavy atom. The number of rotatable bonds is 4. The van der Waals surface area contributed by atoms with Crippen LogP contribution in [0.1, 0.15) is 86.7 Å². The standard InChI is InChI=1S/C21H30O3/c1-3-10-20(24)11-12-21(4-2)17(14-20)7-5-6-15-13-16(19(22)23)8-9-18(15)21/h8-9,13,17,24H,3-7,10-12,14H2,1-2H3,(H,22,23)/t17-,20+,21+/m1/s1. The van der Waals surface area contributed by atoms with E-state index < -0.39 is 11.6 Å². The number of benzene rings is 1. The van der Waals surface area contributed by atoms with Crippen LogP contribution in [0, 0.1) is 5.92 Å². The minimum absolute atomic E-state index is 0.114. The van der Waals surface area contributed by atoms with Gasteiger partial charge in [-0.2, -0.15) is 0 Å². The molecule has 0 aliphatic heterocycles. The number of carboxylic acid groups (broad SMARTS) is 1. The number of aryl methyl sites for hydroxylation is 1. The minimum Gasteiger partial charge on any atom is -0.478 e. The van der Waals surface area contributed by atoms with Crippen molar-refractivity contribution < 1.29 is 15.0 Å². The van der Waals surface area contributed by atoms with Crippen molar-refractivity contribution in [1.82, 2.24) is 0 Å². The van der Waals surface area contributed by atoms with E-state index in [9.17, 15) is 15.0 Å². The number of carboxylic acids is 1. The Morgan fingerprint density at radius 1 is 1.29 bits per heavy atom. The van der Waals surface area contributed by atoms with Gasteiger partial charge in [0.1, 0.15) is 0 Å². The molecular formula is C21H30O3. The van der Waals surface area contributed by atoms with Gasteiger partial charge >= 0.3 is 5.97 Å². The summed E-state index contributed by atoms with van der Waals surface area (Å²) < 4.78 is 0. The van der Waals surface area contributed by atoms with E-state index in [2.05, 4.69) is 19.9 Å². The van der Waals surface area contributed by atoms with Crippen LogP contribution in [0.3, 0.4) is 0 Å². The van der Waals surface area contributed by atoms with Crippen LogP contribution in [0.4, 0.5) is 0 Å². The summed E-state index contributed by atoms with van der Waals surface area (Å²) in [7, 11) is 0. The Hall–Kier alpha value is -1.35. The van der Waals surface area contributed by atoms with Crippen molar-refractivity contribution in [1.29, 1.82) is 0 Å². The number of aromatic carboxylic acids is 1. The summed E-state index contributed by atoms with van der Waals surface area (Å²) in [5, 5.41) is 20.3.